The zero-order chi connectivity index (χ0) is 15.1. The van der Waals surface area contributed by atoms with E-state index in [2.05, 4.69) is 59.7 Å². The highest BCUT2D eigenvalue weighted by atomic mass is 16.5. The minimum absolute atomic E-state index is 0.0321. The number of benzene rings is 1. The van der Waals surface area contributed by atoms with Crippen molar-refractivity contribution >= 4 is 5.78 Å². The number of Topliss-reactive ketones (excluding diaryl/α,β-unsaturated/α-hetero) is 1. The fraction of sp³-hybridized carbons (Fsp3) is 0.611. The molecule has 0 unspecified atom stereocenters. The Morgan fingerprint density at radius 1 is 1.00 bits per heavy atom. The van der Waals surface area contributed by atoms with Crippen LogP contribution >= 0.6 is 0 Å². The normalized spacial score (nSPS) is 17.0. The maximum absolute atomic E-state index is 11.1. The third-order valence-electron chi connectivity index (χ3n) is 3.86. The SMILES string of the molecule is CC(C)(C)c1ccc(OC2CC(=O)C2)c(C(C)(C)C)c1. The molecule has 2 rings (SSSR count). The van der Waals surface area contributed by atoms with Gasteiger partial charge in [0.25, 0.3) is 0 Å². The van der Waals surface area contributed by atoms with Crippen LogP contribution in [0, 0.1) is 0 Å². The average molecular weight is 274 g/mol. The first kappa shape index (κ1) is 15.1. The van der Waals surface area contributed by atoms with Gasteiger partial charge in [0.15, 0.2) is 0 Å². The van der Waals surface area contributed by atoms with Crippen LogP contribution in [0.25, 0.3) is 0 Å². The number of ketones is 1. The van der Waals surface area contributed by atoms with Crippen LogP contribution in [0.1, 0.15) is 65.5 Å². The molecule has 1 aliphatic rings. The van der Waals surface area contributed by atoms with Gasteiger partial charge in [-0.1, -0.05) is 53.7 Å². The summed E-state index contributed by atoms with van der Waals surface area (Å²) in [6.45, 7) is 13.3. The molecule has 1 aliphatic carbocycles. The maximum atomic E-state index is 11.1. The molecule has 2 heteroatoms. The molecule has 0 saturated heterocycles. The Morgan fingerprint density at radius 2 is 1.60 bits per heavy atom. The second-order valence-electron chi connectivity index (χ2n) is 7.90. The molecule has 1 saturated carbocycles. The van der Waals surface area contributed by atoms with Crippen molar-refractivity contribution in [2.24, 2.45) is 0 Å². The highest BCUT2D eigenvalue weighted by molar-refractivity contribution is 5.85. The zero-order valence-corrected chi connectivity index (χ0v) is 13.5. The van der Waals surface area contributed by atoms with E-state index in [0.29, 0.717) is 18.6 Å². The molecule has 0 bridgehead atoms. The first-order valence-electron chi connectivity index (χ1n) is 7.41. The Hall–Kier alpha value is -1.31. The fourth-order valence-electron chi connectivity index (χ4n) is 2.40. The topological polar surface area (TPSA) is 26.3 Å². The Kier molecular flexibility index (Phi) is 3.70. The van der Waals surface area contributed by atoms with E-state index in [1.54, 1.807) is 0 Å². The van der Waals surface area contributed by atoms with Crippen molar-refractivity contribution in [3.05, 3.63) is 29.3 Å². The molecule has 1 aromatic carbocycles. The molecule has 0 aliphatic heterocycles. The van der Waals surface area contributed by atoms with Crippen LogP contribution in [0.2, 0.25) is 0 Å². The fourth-order valence-corrected chi connectivity index (χ4v) is 2.40. The molecule has 0 aromatic heterocycles. The van der Waals surface area contributed by atoms with Crippen LogP contribution in [0.4, 0.5) is 0 Å². The largest absolute Gasteiger partial charge is 0.489 e. The Labute approximate surface area is 122 Å². The summed E-state index contributed by atoms with van der Waals surface area (Å²) in [4.78, 5) is 11.1. The van der Waals surface area contributed by atoms with Crippen LogP contribution in [-0.4, -0.2) is 11.9 Å². The molecule has 20 heavy (non-hydrogen) atoms. The molecular weight excluding hydrogens is 248 g/mol. The van der Waals surface area contributed by atoms with Gasteiger partial charge in [0, 0.05) is 12.8 Å². The molecule has 0 N–H and O–H groups in total. The van der Waals surface area contributed by atoms with Crippen molar-refractivity contribution < 1.29 is 9.53 Å². The lowest BCUT2D eigenvalue weighted by Crippen LogP contribution is -2.34. The summed E-state index contributed by atoms with van der Waals surface area (Å²) < 4.78 is 6.03. The molecule has 0 amide bonds. The summed E-state index contributed by atoms with van der Waals surface area (Å²) in [5, 5.41) is 0. The highest BCUT2D eigenvalue weighted by Crippen LogP contribution is 2.37. The van der Waals surface area contributed by atoms with Gasteiger partial charge >= 0.3 is 0 Å². The van der Waals surface area contributed by atoms with Crippen LogP contribution in [-0.2, 0) is 15.6 Å². The van der Waals surface area contributed by atoms with Gasteiger partial charge in [0.05, 0.1) is 0 Å². The lowest BCUT2D eigenvalue weighted by atomic mass is 9.80. The van der Waals surface area contributed by atoms with E-state index in [1.165, 1.54) is 11.1 Å². The lowest BCUT2D eigenvalue weighted by molar-refractivity contribution is -0.129. The molecule has 110 valence electrons. The van der Waals surface area contributed by atoms with Crippen molar-refractivity contribution in [2.75, 3.05) is 0 Å². The number of hydrogen-bond donors (Lipinski definition) is 0. The molecule has 2 nitrogen and oxygen atoms in total. The van der Waals surface area contributed by atoms with Crippen molar-refractivity contribution in [3.63, 3.8) is 0 Å². The van der Waals surface area contributed by atoms with Gasteiger partial charge in [-0.3, -0.25) is 4.79 Å². The second kappa shape index (κ2) is 4.91. The molecule has 1 fully saturated rings. The average Bonchev–Trinajstić information content (AvgIpc) is 2.24. The number of rotatable bonds is 2. The van der Waals surface area contributed by atoms with Crippen molar-refractivity contribution in [1.29, 1.82) is 0 Å². The predicted molar refractivity (Wildman–Crippen MR) is 82.5 cm³/mol. The number of carbonyl (C=O) groups excluding carboxylic acids is 1. The smallest absolute Gasteiger partial charge is 0.140 e. The van der Waals surface area contributed by atoms with E-state index < -0.39 is 0 Å². The lowest BCUT2D eigenvalue weighted by Gasteiger charge is -2.31. The van der Waals surface area contributed by atoms with Gasteiger partial charge in [0.1, 0.15) is 17.6 Å². The van der Waals surface area contributed by atoms with Crippen molar-refractivity contribution in [1.82, 2.24) is 0 Å². The second-order valence-corrected chi connectivity index (χ2v) is 7.90. The molecule has 1 aromatic rings. The van der Waals surface area contributed by atoms with E-state index >= 15 is 0 Å². The van der Waals surface area contributed by atoms with Gasteiger partial charge in [-0.05, 0) is 28.0 Å². The monoisotopic (exact) mass is 274 g/mol. The Morgan fingerprint density at radius 3 is 2.05 bits per heavy atom. The first-order chi connectivity index (χ1) is 9.07. The third-order valence-corrected chi connectivity index (χ3v) is 3.86. The predicted octanol–water partition coefficient (Wildman–Crippen LogP) is 4.39. The number of ether oxygens (including phenoxy) is 1. The number of hydrogen-bond acceptors (Lipinski definition) is 2. The van der Waals surface area contributed by atoms with Gasteiger partial charge in [-0.2, -0.15) is 0 Å². The van der Waals surface area contributed by atoms with E-state index in [4.69, 9.17) is 4.74 Å². The van der Waals surface area contributed by atoms with Crippen molar-refractivity contribution in [3.8, 4) is 5.75 Å². The van der Waals surface area contributed by atoms with Gasteiger partial charge < -0.3 is 4.74 Å². The van der Waals surface area contributed by atoms with Crippen LogP contribution in [0.15, 0.2) is 18.2 Å². The zero-order valence-electron chi connectivity index (χ0n) is 13.5. The summed E-state index contributed by atoms with van der Waals surface area (Å²) >= 11 is 0. The maximum Gasteiger partial charge on any atom is 0.140 e. The molecule has 0 spiro atoms. The summed E-state index contributed by atoms with van der Waals surface area (Å²) in [6.07, 6.45) is 1.19. The van der Waals surface area contributed by atoms with E-state index in [1.807, 2.05) is 0 Å². The summed E-state index contributed by atoms with van der Waals surface area (Å²) in [6, 6.07) is 6.48. The number of carbonyl (C=O) groups is 1. The highest BCUT2D eigenvalue weighted by Gasteiger charge is 2.30. The van der Waals surface area contributed by atoms with Crippen molar-refractivity contribution in [2.45, 2.75) is 71.3 Å². The summed E-state index contributed by atoms with van der Waals surface area (Å²) in [5.41, 5.74) is 2.71. The molecule has 0 radical (unpaired) electrons. The quantitative estimate of drug-likeness (QED) is 0.799. The first-order valence-corrected chi connectivity index (χ1v) is 7.41. The Bertz CT molecular complexity index is 507. The van der Waals surface area contributed by atoms with E-state index in [-0.39, 0.29) is 16.9 Å². The van der Waals surface area contributed by atoms with Gasteiger partial charge in [0.2, 0.25) is 0 Å². The molecule has 0 atom stereocenters. The minimum Gasteiger partial charge on any atom is -0.489 e. The van der Waals surface area contributed by atoms with Gasteiger partial charge in [-0.25, -0.2) is 0 Å². The summed E-state index contributed by atoms with van der Waals surface area (Å²) in [5.74, 6) is 1.24. The Balaban J connectivity index is 2.33. The van der Waals surface area contributed by atoms with Crippen LogP contribution in [0.3, 0.4) is 0 Å². The minimum atomic E-state index is 0.0321. The molecule has 0 heterocycles. The molecular formula is C18H26O2. The summed E-state index contributed by atoms with van der Waals surface area (Å²) in [7, 11) is 0. The van der Waals surface area contributed by atoms with E-state index in [0.717, 1.165) is 5.75 Å². The third kappa shape index (κ3) is 3.23. The van der Waals surface area contributed by atoms with E-state index in [9.17, 15) is 4.79 Å². The van der Waals surface area contributed by atoms with Crippen LogP contribution < -0.4 is 4.74 Å². The van der Waals surface area contributed by atoms with Gasteiger partial charge in [-0.15, -0.1) is 0 Å². The van der Waals surface area contributed by atoms with Crippen LogP contribution in [0.5, 0.6) is 5.75 Å². The standard InChI is InChI=1S/C18H26O2/c1-17(2,3)12-7-8-16(15(9-12)18(4,5)6)20-14-10-13(19)11-14/h7-9,14H,10-11H2,1-6H3.